The Morgan fingerprint density at radius 3 is 2.50 bits per heavy atom. The first-order valence-corrected chi connectivity index (χ1v) is 6.75. The lowest BCUT2D eigenvalue weighted by Gasteiger charge is -2.08. The molecule has 0 aliphatic carbocycles. The van der Waals surface area contributed by atoms with E-state index >= 15 is 0 Å². The van der Waals surface area contributed by atoms with E-state index in [1.807, 2.05) is 30.3 Å². The van der Waals surface area contributed by atoms with Crippen molar-refractivity contribution in [3.8, 4) is 5.75 Å². The highest BCUT2D eigenvalue weighted by atomic mass is 32.1. The summed E-state index contributed by atoms with van der Waals surface area (Å²) >= 11 is 5.07. The van der Waals surface area contributed by atoms with Crippen LogP contribution in [0.2, 0.25) is 0 Å². The zero-order valence-electron chi connectivity index (χ0n) is 11.4. The molecule has 0 aliphatic heterocycles. The van der Waals surface area contributed by atoms with E-state index in [2.05, 4.69) is 20.6 Å². The van der Waals surface area contributed by atoms with E-state index in [4.69, 9.17) is 12.2 Å². The van der Waals surface area contributed by atoms with Crippen LogP contribution in [-0.2, 0) is 0 Å². The summed E-state index contributed by atoms with van der Waals surface area (Å²) in [6.07, 6.45) is 1.36. The number of nitrogens with one attached hydrogen (secondary N) is 2. The molecule has 0 radical (unpaired) electrons. The average molecular weight is 321 g/mol. The van der Waals surface area contributed by atoms with Gasteiger partial charge in [-0.25, -0.2) is 0 Å². The molecule has 2 aromatic rings. The molecular weight excluding hydrogens is 308 g/mol. The maximum absolute atomic E-state index is 12.3. The fourth-order valence-corrected chi connectivity index (χ4v) is 1.80. The second-order valence-electron chi connectivity index (χ2n) is 4.11. The van der Waals surface area contributed by atoms with Gasteiger partial charge in [0, 0.05) is 11.3 Å². The summed E-state index contributed by atoms with van der Waals surface area (Å²) in [5.74, 6) is 0.0463. The minimum atomic E-state index is -2.89. The van der Waals surface area contributed by atoms with Gasteiger partial charge in [-0.15, -0.1) is 0 Å². The van der Waals surface area contributed by atoms with Crippen molar-refractivity contribution in [2.75, 3.05) is 5.32 Å². The molecule has 0 aromatic heterocycles. The number of hydrogen-bond acceptors (Lipinski definition) is 3. The summed E-state index contributed by atoms with van der Waals surface area (Å²) in [4.78, 5) is 0. The molecule has 0 bridgehead atoms. The number of anilines is 1. The molecule has 0 aliphatic rings. The lowest BCUT2D eigenvalue weighted by Crippen LogP contribution is -2.23. The van der Waals surface area contributed by atoms with Crippen LogP contribution in [0.15, 0.2) is 59.7 Å². The normalized spacial score (nSPS) is 10.7. The molecule has 4 nitrogen and oxygen atoms in total. The van der Waals surface area contributed by atoms with Crippen LogP contribution in [0.1, 0.15) is 5.56 Å². The predicted molar refractivity (Wildman–Crippen MR) is 86.5 cm³/mol. The first-order valence-electron chi connectivity index (χ1n) is 6.34. The Morgan fingerprint density at radius 1 is 1.09 bits per heavy atom. The molecule has 0 unspecified atom stereocenters. The van der Waals surface area contributed by atoms with Gasteiger partial charge in [-0.3, -0.25) is 5.43 Å². The van der Waals surface area contributed by atoms with Gasteiger partial charge < -0.3 is 10.1 Å². The van der Waals surface area contributed by atoms with Crippen molar-refractivity contribution in [3.05, 3.63) is 60.2 Å². The third-order valence-corrected chi connectivity index (χ3v) is 2.73. The number of ether oxygens (including phenoxy) is 1. The SMILES string of the molecule is FC(F)Oc1ccccc1/C=N\NC(=S)Nc1ccccc1. The number of hydrogen-bond donors (Lipinski definition) is 2. The number of benzene rings is 2. The number of nitrogens with zero attached hydrogens (tertiary/aromatic N) is 1. The van der Waals surface area contributed by atoms with E-state index in [1.54, 1.807) is 18.2 Å². The molecule has 0 heterocycles. The van der Waals surface area contributed by atoms with Crippen LogP contribution in [0.25, 0.3) is 0 Å². The Morgan fingerprint density at radius 2 is 1.77 bits per heavy atom. The van der Waals surface area contributed by atoms with Crippen molar-refractivity contribution in [2.24, 2.45) is 5.10 Å². The second-order valence-corrected chi connectivity index (χ2v) is 4.51. The average Bonchev–Trinajstić information content (AvgIpc) is 2.49. The van der Waals surface area contributed by atoms with Crippen LogP contribution in [0.5, 0.6) is 5.75 Å². The molecule has 0 saturated carbocycles. The molecule has 2 rings (SSSR count). The summed E-state index contributed by atoms with van der Waals surface area (Å²) < 4.78 is 29.0. The quantitative estimate of drug-likeness (QED) is 0.502. The highest BCUT2D eigenvalue weighted by molar-refractivity contribution is 7.80. The van der Waals surface area contributed by atoms with E-state index in [0.29, 0.717) is 5.56 Å². The molecule has 0 spiro atoms. The molecule has 0 amide bonds. The van der Waals surface area contributed by atoms with Gasteiger partial charge in [-0.05, 0) is 36.5 Å². The van der Waals surface area contributed by atoms with Gasteiger partial charge in [0.05, 0.1) is 6.21 Å². The molecule has 0 saturated heterocycles. The van der Waals surface area contributed by atoms with Gasteiger partial charge in [0.1, 0.15) is 5.75 Å². The van der Waals surface area contributed by atoms with Crippen LogP contribution in [0, 0.1) is 0 Å². The number of halogens is 2. The van der Waals surface area contributed by atoms with Crippen LogP contribution >= 0.6 is 12.2 Å². The summed E-state index contributed by atoms with van der Waals surface area (Å²) in [6.45, 7) is -2.89. The lowest BCUT2D eigenvalue weighted by atomic mass is 10.2. The number of alkyl halides is 2. The minimum absolute atomic E-state index is 0.0463. The first-order chi connectivity index (χ1) is 10.6. The molecule has 7 heteroatoms. The van der Waals surface area contributed by atoms with Crippen molar-refractivity contribution >= 4 is 29.2 Å². The topological polar surface area (TPSA) is 45.6 Å². The summed E-state index contributed by atoms with van der Waals surface area (Å²) in [5, 5.41) is 7.12. The van der Waals surface area contributed by atoms with Crippen LogP contribution in [0.4, 0.5) is 14.5 Å². The van der Waals surface area contributed by atoms with Gasteiger partial charge in [0.15, 0.2) is 5.11 Å². The van der Waals surface area contributed by atoms with E-state index in [0.717, 1.165) is 5.69 Å². The third-order valence-electron chi connectivity index (χ3n) is 2.54. The van der Waals surface area contributed by atoms with Crippen LogP contribution in [-0.4, -0.2) is 17.9 Å². The fraction of sp³-hybridized carbons (Fsp3) is 0.0667. The van der Waals surface area contributed by atoms with Crippen molar-refractivity contribution in [1.82, 2.24) is 5.43 Å². The Balaban J connectivity index is 1.93. The van der Waals surface area contributed by atoms with Gasteiger partial charge in [-0.1, -0.05) is 30.3 Å². The standard InChI is InChI=1S/C15H13F2N3OS/c16-14(17)21-13-9-5-4-6-11(13)10-18-20-15(22)19-12-7-2-1-3-8-12/h1-10,14H,(H2,19,20,22)/b18-10-. The first kappa shape index (κ1) is 15.8. The number of hydrazone groups is 1. The van der Waals surface area contributed by atoms with Crippen LogP contribution < -0.4 is 15.5 Å². The minimum Gasteiger partial charge on any atom is -0.434 e. The summed E-state index contributed by atoms with van der Waals surface area (Å²) in [6, 6.07) is 15.7. The smallest absolute Gasteiger partial charge is 0.387 e. The monoisotopic (exact) mass is 321 g/mol. The van der Waals surface area contributed by atoms with Crippen molar-refractivity contribution in [2.45, 2.75) is 6.61 Å². The number of rotatable bonds is 5. The lowest BCUT2D eigenvalue weighted by molar-refractivity contribution is -0.0499. The molecule has 2 N–H and O–H groups in total. The molecule has 114 valence electrons. The van der Waals surface area contributed by atoms with Gasteiger partial charge in [0.25, 0.3) is 0 Å². The Hall–Kier alpha value is -2.54. The maximum atomic E-state index is 12.3. The van der Waals surface area contributed by atoms with Gasteiger partial charge >= 0.3 is 6.61 Å². The van der Waals surface area contributed by atoms with Crippen molar-refractivity contribution < 1.29 is 13.5 Å². The van der Waals surface area contributed by atoms with Crippen molar-refractivity contribution in [1.29, 1.82) is 0 Å². The number of thiocarbonyl (C=S) groups is 1. The maximum Gasteiger partial charge on any atom is 0.387 e. The van der Waals surface area contributed by atoms with E-state index in [1.165, 1.54) is 12.3 Å². The van der Waals surface area contributed by atoms with E-state index in [9.17, 15) is 8.78 Å². The van der Waals surface area contributed by atoms with Crippen molar-refractivity contribution in [3.63, 3.8) is 0 Å². The molecule has 2 aromatic carbocycles. The Labute approximate surface area is 131 Å². The Bertz CT molecular complexity index is 650. The van der Waals surface area contributed by atoms with Gasteiger partial charge in [0.2, 0.25) is 0 Å². The van der Waals surface area contributed by atoms with Gasteiger partial charge in [-0.2, -0.15) is 13.9 Å². The molecule has 0 fully saturated rings. The summed E-state index contributed by atoms with van der Waals surface area (Å²) in [7, 11) is 0. The third kappa shape index (κ3) is 5.10. The highest BCUT2D eigenvalue weighted by Gasteiger charge is 2.07. The summed E-state index contributed by atoms with van der Waals surface area (Å²) in [5.41, 5.74) is 3.84. The molecule has 0 atom stereocenters. The zero-order chi connectivity index (χ0) is 15.8. The molecular formula is C15H13F2N3OS. The largest absolute Gasteiger partial charge is 0.434 e. The second kappa shape index (κ2) is 8.04. The van der Waals surface area contributed by atoms with Crippen LogP contribution in [0.3, 0.4) is 0 Å². The molecule has 22 heavy (non-hydrogen) atoms. The van der Waals surface area contributed by atoms with E-state index < -0.39 is 6.61 Å². The Kier molecular flexibility index (Phi) is 5.79. The zero-order valence-corrected chi connectivity index (χ0v) is 12.2. The number of para-hydroxylation sites is 2. The predicted octanol–water partition coefficient (Wildman–Crippen LogP) is 3.61. The van der Waals surface area contributed by atoms with E-state index in [-0.39, 0.29) is 10.9 Å². The fourth-order valence-electron chi connectivity index (χ4n) is 1.63. The highest BCUT2D eigenvalue weighted by Crippen LogP contribution is 2.18.